The molecule has 0 radical (unpaired) electrons. The number of aromatic nitrogens is 3. The Labute approximate surface area is 132 Å². The second-order valence-corrected chi connectivity index (χ2v) is 7.85. The monoisotopic (exact) mass is 308 g/mol. The molecule has 1 aromatic carbocycles. The fraction of sp³-hybridized carbons (Fsp3) is 0.412. The summed E-state index contributed by atoms with van der Waals surface area (Å²) in [7, 11) is 0. The van der Waals surface area contributed by atoms with Crippen LogP contribution in [-0.2, 0) is 5.66 Å². The van der Waals surface area contributed by atoms with E-state index in [0.717, 1.165) is 17.8 Å². The standard InChI is InChI=1S/C17H16N4S/c1-4-16-12(5-6-22-16)7-11(1)15-10-20(19-18-15)17-8-13-2-3-14(9-17)21(13)17/h1,4-7,10,13-14H,2-3,8-9H2. The molecule has 110 valence electrons. The predicted molar refractivity (Wildman–Crippen MR) is 86.7 cm³/mol. The lowest BCUT2D eigenvalue weighted by Gasteiger charge is -2.65. The van der Waals surface area contributed by atoms with Crippen molar-refractivity contribution in [3.63, 3.8) is 0 Å². The van der Waals surface area contributed by atoms with Crippen LogP contribution < -0.4 is 0 Å². The van der Waals surface area contributed by atoms with Crippen molar-refractivity contribution in [2.75, 3.05) is 0 Å². The molecule has 2 atom stereocenters. The van der Waals surface area contributed by atoms with Crippen molar-refractivity contribution in [1.29, 1.82) is 0 Å². The normalized spacial score (nSPS) is 32.7. The molecule has 0 N–H and O–H groups in total. The van der Waals surface area contributed by atoms with Gasteiger partial charge in [0, 0.05) is 35.2 Å². The van der Waals surface area contributed by atoms with Crippen molar-refractivity contribution < 1.29 is 0 Å². The summed E-state index contributed by atoms with van der Waals surface area (Å²) in [6, 6.07) is 10.4. The maximum absolute atomic E-state index is 4.48. The fourth-order valence-corrected chi connectivity index (χ4v) is 5.67. The maximum atomic E-state index is 4.48. The van der Waals surface area contributed by atoms with Crippen LogP contribution in [0.5, 0.6) is 0 Å². The number of fused-ring (bicyclic) bond motifs is 1. The lowest BCUT2D eigenvalue weighted by molar-refractivity contribution is -0.225. The molecule has 3 aliphatic heterocycles. The Kier molecular flexibility index (Phi) is 2.03. The second kappa shape index (κ2) is 3.78. The zero-order valence-corrected chi connectivity index (χ0v) is 13.0. The van der Waals surface area contributed by atoms with Gasteiger partial charge in [-0.15, -0.1) is 16.4 Å². The summed E-state index contributed by atoms with van der Waals surface area (Å²) < 4.78 is 3.47. The Hall–Kier alpha value is -1.72. The quantitative estimate of drug-likeness (QED) is 0.727. The molecule has 0 amide bonds. The third-order valence-electron chi connectivity index (χ3n) is 5.89. The predicted octanol–water partition coefficient (Wildman–Crippen LogP) is 3.45. The zero-order valence-electron chi connectivity index (χ0n) is 12.1. The minimum atomic E-state index is 0.170. The molecule has 3 aliphatic rings. The molecule has 5 heteroatoms. The highest BCUT2D eigenvalue weighted by Crippen LogP contribution is 2.60. The van der Waals surface area contributed by atoms with Crippen LogP contribution in [0.15, 0.2) is 35.8 Å². The number of piperidine rings is 1. The first-order valence-corrected chi connectivity index (χ1v) is 8.90. The molecular formula is C17H16N4S. The van der Waals surface area contributed by atoms with Gasteiger partial charge in [-0.25, -0.2) is 4.68 Å². The van der Waals surface area contributed by atoms with E-state index in [1.165, 1.54) is 41.3 Å². The number of nitrogens with zero attached hydrogens (tertiary/aromatic N) is 4. The molecule has 4 nitrogen and oxygen atoms in total. The molecule has 5 heterocycles. The summed E-state index contributed by atoms with van der Waals surface area (Å²) in [6.07, 6.45) is 7.43. The molecule has 2 unspecified atom stereocenters. The van der Waals surface area contributed by atoms with Crippen molar-refractivity contribution >= 4 is 21.4 Å². The highest BCUT2D eigenvalue weighted by molar-refractivity contribution is 7.17. The van der Waals surface area contributed by atoms with E-state index in [1.807, 2.05) is 0 Å². The maximum Gasteiger partial charge on any atom is 0.120 e. The van der Waals surface area contributed by atoms with Crippen LogP contribution in [0.4, 0.5) is 0 Å². The minimum Gasteiger partial charge on any atom is -0.273 e. The average Bonchev–Trinajstić information content (AvgIpc) is 3.18. The summed E-state index contributed by atoms with van der Waals surface area (Å²) >= 11 is 1.78. The molecule has 0 aliphatic carbocycles. The van der Waals surface area contributed by atoms with E-state index >= 15 is 0 Å². The van der Waals surface area contributed by atoms with E-state index < -0.39 is 0 Å². The van der Waals surface area contributed by atoms with E-state index in [9.17, 15) is 0 Å². The van der Waals surface area contributed by atoms with Crippen LogP contribution in [-0.4, -0.2) is 32.0 Å². The van der Waals surface area contributed by atoms with Crippen molar-refractivity contribution in [1.82, 2.24) is 19.9 Å². The van der Waals surface area contributed by atoms with Gasteiger partial charge in [-0.2, -0.15) is 0 Å². The van der Waals surface area contributed by atoms with Gasteiger partial charge in [0.15, 0.2) is 0 Å². The minimum absolute atomic E-state index is 0.170. The van der Waals surface area contributed by atoms with E-state index in [2.05, 4.69) is 55.7 Å². The number of rotatable bonds is 2. The largest absolute Gasteiger partial charge is 0.273 e. The molecule has 3 fully saturated rings. The topological polar surface area (TPSA) is 34.0 Å². The molecule has 0 spiro atoms. The Morgan fingerprint density at radius 1 is 1.14 bits per heavy atom. The third kappa shape index (κ3) is 1.28. The van der Waals surface area contributed by atoms with Gasteiger partial charge in [0.2, 0.25) is 0 Å². The summed E-state index contributed by atoms with van der Waals surface area (Å²) in [5.41, 5.74) is 2.33. The Morgan fingerprint density at radius 3 is 2.86 bits per heavy atom. The van der Waals surface area contributed by atoms with Crippen molar-refractivity contribution in [2.24, 2.45) is 0 Å². The van der Waals surface area contributed by atoms with E-state index in [1.54, 1.807) is 11.3 Å². The number of hydrogen-bond donors (Lipinski definition) is 0. The average molecular weight is 308 g/mol. The van der Waals surface area contributed by atoms with Crippen LogP contribution in [0.3, 0.4) is 0 Å². The SMILES string of the molecule is c1cc2cc(-c3cn(C45CC6CCC(C4)N65)nn3)ccc2s1. The number of thiophene rings is 1. The van der Waals surface area contributed by atoms with Crippen LogP contribution in [0.25, 0.3) is 21.3 Å². The number of benzene rings is 1. The molecule has 3 aromatic rings. The summed E-state index contributed by atoms with van der Waals surface area (Å²) in [5, 5.41) is 12.4. The van der Waals surface area contributed by atoms with Crippen LogP contribution >= 0.6 is 11.3 Å². The molecule has 22 heavy (non-hydrogen) atoms. The molecule has 0 saturated carbocycles. The summed E-state index contributed by atoms with van der Waals surface area (Å²) in [5.74, 6) is 0. The third-order valence-corrected chi connectivity index (χ3v) is 6.79. The van der Waals surface area contributed by atoms with Gasteiger partial charge in [0.25, 0.3) is 0 Å². The fourth-order valence-electron chi connectivity index (χ4n) is 4.90. The van der Waals surface area contributed by atoms with Crippen LogP contribution in [0.2, 0.25) is 0 Å². The molecule has 3 saturated heterocycles. The van der Waals surface area contributed by atoms with Crippen molar-refractivity contribution in [2.45, 2.75) is 43.4 Å². The van der Waals surface area contributed by atoms with Crippen LogP contribution in [0.1, 0.15) is 25.7 Å². The number of hydrogen-bond acceptors (Lipinski definition) is 4. The van der Waals surface area contributed by atoms with Crippen LogP contribution in [0, 0.1) is 0 Å². The Morgan fingerprint density at radius 2 is 2.00 bits per heavy atom. The van der Waals surface area contributed by atoms with Crippen molar-refractivity contribution in [3.05, 3.63) is 35.8 Å². The Balaban J connectivity index is 1.39. The zero-order chi connectivity index (χ0) is 14.3. The molecule has 6 rings (SSSR count). The van der Waals surface area contributed by atoms with Gasteiger partial charge in [0.05, 0.1) is 6.20 Å². The van der Waals surface area contributed by atoms with Crippen molar-refractivity contribution in [3.8, 4) is 11.3 Å². The van der Waals surface area contributed by atoms with E-state index in [-0.39, 0.29) is 5.66 Å². The van der Waals surface area contributed by atoms with E-state index in [4.69, 9.17) is 0 Å². The summed E-state index contributed by atoms with van der Waals surface area (Å²) in [4.78, 5) is 2.67. The highest BCUT2D eigenvalue weighted by Gasteiger charge is 2.67. The first-order chi connectivity index (χ1) is 10.8. The molecule has 2 aromatic heterocycles. The second-order valence-electron chi connectivity index (χ2n) is 6.90. The highest BCUT2D eigenvalue weighted by atomic mass is 32.1. The first kappa shape index (κ1) is 11.8. The molecule has 0 bridgehead atoms. The Bertz CT molecular complexity index is 881. The van der Waals surface area contributed by atoms with Gasteiger partial charge < -0.3 is 0 Å². The van der Waals surface area contributed by atoms with Gasteiger partial charge >= 0.3 is 0 Å². The lowest BCUT2D eigenvalue weighted by atomic mass is 9.75. The lowest BCUT2D eigenvalue weighted by Crippen LogP contribution is -2.75. The smallest absolute Gasteiger partial charge is 0.120 e. The van der Waals surface area contributed by atoms with Gasteiger partial charge in [0.1, 0.15) is 11.4 Å². The van der Waals surface area contributed by atoms with E-state index in [0.29, 0.717) is 0 Å². The van der Waals surface area contributed by atoms with Gasteiger partial charge in [-0.3, -0.25) is 4.90 Å². The first-order valence-electron chi connectivity index (χ1n) is 8.02. The summed E-state index contributed by atoms with van der Waals surface area (Å²) in [6.45, 7) is 0. The molecular weight excluding hydrogens is 292 g/mol. The van der Waals surface area contributed by atoms with Gasteiger partial charge in [-0.1, -0.05) is 11.3 Å². The van der Waals surface area contributed by atoms with Gasteiger partial charge in [-0.05, 0) is 41.8 Å².